The molecule has 128 valence electrons. The number of anilines is 2. The van der Waals surface area contributed by atoms with Gasteiger partial charge in [0, 0.05) is 22.4 Å². The average molecular weight is 364 g/mol. The van der Waals surface area contributed by atoms with Crippen molar-refractivity contribution in [3.8, 4) is 0 Å². The fourth-order valence-electron chi connectivity index (χ4n) is 3.19. The van der Waals surface area contributed by atoms with Crippen LogP contribution in [0, 0.1) is 5.82 Å². The van der Waals surface area contributed by atoms with Crippen LogP contribution in [0.15, 0.2) is 24.3 Å². The summed E-state index contributed by atoms with van der Waals surface area (Å²) in [6.07, 6.45) is -0.720. The average Bonchev–Trinajstić information content (AvgIpc) is 2.81. The van der Waals surface area contributed by atoms with E-state index in [1.807, 2.05) is 0 Å². The van der Waals surface area contributed by atoms with Crippen molar-refractivity contribution in [2.24, 2.45) is 0 Å². The van der Waals surface area contributed by atoms with Gasteiger partial charge in [-0.3, -0.25) is 10.1 Å². The van der Waals surface area contributed by atoms with Crippen LogP contribution in [-0.4, -0.2) is 17.1 Å². The number of hydrogen-bond acceptors (Lipinski definition) is 5. The highest BCUT2D eigenvalue weighted by Crippen LogP contribution is 2.45. The van der Waals surface area contributed by atoms with Crippen LogP contribution in [0.3, 0.4) is 0 Å². The van der Waals surface area contributed by atoms with E-state index in [0.29, 0.717) is 5.56 Å². The van der Waals surface area contributed by atoms with E-state index < -0.39 is 23.5 Å². The topological polar surface area (TPSA) is 114 Å². The monoisotopic (exact) mass is 363 g/mol. The highest BCUT2D eigenvalue weighted by atomic mass is 35.5. The molecule has 5 N–H and O–H groups in total. The van der Waals surface area contributed by atoms with Crippen LogP contribution in [0.5, 0.6) is 0 Å². The smallest absolute Gasteiger partial charge is 0.411 e. The van der Waals surface area contributed by atoms with Crippen molar-refractivity contribution in [1.82, 2.24) is 5.32 Å². The minimum Gasteiger partial charge on any atom is -0.444 e. The lowest BCUT2D eigenvalue weighted by Gasteiger charge is -2.27. The van der Waals surface area contributed by atoms with E-state index in [4.69, 9.17) is 22.1 Å². The molecular formula is C16H11ClFN3O4. The summed E-state index contributed by atoms with van der Waals surface area (Å²) in [6.45, 7) is -0.0539. The number of fused-ring (bicyclic) bond motifs is 3. The predicted molar refractivity (Wildman–Crippen MR) is 86.5 cm³/mol. The van der Waals surface area contributed by atoms with Crippen LogP contribution in [0.25, 0.3) is 0 Å². The second kappa shape index (κ2) is 5.08. The van der Waals surface area contributed by atoms with Crippen LogP contribution in [-0.2, 0) is 17.1 Å². The third-order valence-electron chi connectivity index (χ3n) is 4.23. The first-order chi connectivity index (χ1) is 11.8. The molecular weight excluding hydrogens is 353 g/mol. The van der Waals surface area contributed by atoms with Crippen LogP contribution in [0.4, 0.5) is 20.6 Å². The molecule has 2 aromatic rings. The minimum absolute atomic E-state index is 0.0227. The second-order valence-electron chi connectivity index (χ2n) is 5.74. The zero-order valence-corrected chi connectivity index (χ0v) is 13.3. The standard InChI is InChI=1S/C16H11ClFN3O4/c17-9-4-7(18)1-2-8(9)16(24)12-10(19)3-6-5-25-15(23)20-13(6)11(12)14(22)21-16/h1-4,24H,5,19H2,(H,20,23)(H,21,22). The Morgan fingerprint density at radius 2 is 2.08 bits per heavy atom. The Morgan fingerprint density at radius 1 is 1.32 bits per heavy atom. The Kier molecular flexibility index (Phi) is 3.18. The second-order valence-corrected chi connectivity index (χ2v) is 6.15. The number of benzene rings is 2. The minimum atomic E-state index is -2.06. The summed E-state index contributed by atoms with van der Waals surface area (Å²) in [7, 11) is 0. The number of nitrogen functional groups attached to an aromatic ring is 1. The first-order valence-corrected chi connectivity index (χ1v) is 7.59. The summed E-state index contributed by atoms with van der Waals surface area (Å²) in [5, 5.41) is 15.9. The Labute approximate surface area is 145 Å². The lowest BCUT2D eigenvalue weighted by Crippen LogP contribution is -2.40. The van der Waals surface area contributed by atoms with Gasteiger partial charge in [0.25, 0.3) is 5.91 Å². The Hall–Kier alpha value is -2.84. The number of nitrogens with two attached hydrogens (primary N) is 1. The zero-order valence-electron chi connectivity index (χ0n) is 12.5. The number of nitrogens with one attached hydrogen (secondary N) is 2. The largest absolute Gasteiger partial charge is 0.444 e. The molecule has 25 heavy (non-hydrogen) atoms. The first-order valence-electron chi connectivity index (χ1n) is 7.21. The van der Waals surface area contributed by atoms with Crippen LogP contribution >= 0.6 is 11.6 Å². The molecule has 0 saturated carbocycles. The number of cyclic esters (lactones) is 1. The van der Waals surface area contributed by atoms with Crippen molar-refractivity contribution >= 4 is 35.0 Å². The quantitative estimate of drug-likeness (QED) is 0.579. The molecule has 2 aliphatic rings. The van der Waals surface area contributed by atoms with Gasteiger partial charge in [-0.15, -0.1) is 0 Å². The van der Waals surface area contributed by atoms with Crippen molar-refractivity contribution in [2.45, 2.75) is 12.3 Å². The molecule has 2 amide bonds. The summed E-state index contributed by atoms with van der Waals surface area (Å²) in [5.41, 5.74) is 4.95. The van der Waals surface area contributed by atoms with Crippen molar-refractivity contribution in [3.63, 3.8) is 0 Å². The van der Waals surface area contributed by atoms with Gasteiger partial charge in [-0.05, 0) is 24.3 Å². The molecule has 0 aromatic heterocycles. The van der Waals surface area contributed by atoms with E-state index in [0.717, 1.165) is 12.1 Å². The number of ether oxygens (including phenoxy) is 1. The summed E-state index contributed by atoms with van der Waals surface area (Å²) in [5.74, 6) is -1.24. The molecule has 0 bridgehead atoms. The maximum Gasteiger partial charge on any atom is 0.411 e. The van der Waals surface area contributed by atoms with E-state index in [9.17, 15) is 19.1 Å². The Bertz CT molecular complexity index is 965. The van der Waals surface area contributed by atoms with Gasteiger partial charge in [-0.25, -0.2) is 9.18 Å². The lowest BCUT2D eigenvalue weighted by atomic mass is 9.90. The normalized spacial score (nSPS) is 21.1. The van der Waals surface area contributed by atoms with Crippen LogP contribution in [0.1, 0.15) is 27.0 Å². The molecule has 7 nitrogen and oxygen atoms in total. The summed E-state index contributed by atoms with van der Waals surface area (Å²) in [4.78, 5) is 24.0. The number of rotatable bonds is 1. The molecule has 0 spiro atoms. The van der Waals surface area contributed by atoms with Crippen LogP contribution in [0.2, 0.25) is 5.02 Å². The Balaban J connectivity index is 1.99. The fraction of sp³-hybridized carbons (Fsp3) is 0.125. The van der Waals surface area contributed by atoms with Gasteiger partial charge < -0.3 is 20.9 Å². The van der Waals surface area contributed by atoms with Gasteiger partial charge in [-0.2, -0.15) is 0 Å². The van der Waals surface area contributed by atoms with Gasteiger partial charge in [0.15, 0.2) is 5.72 Å². The molecule has 2 heterocycles. The number of carbonyl (C=O) groups excluding carboxylic acids is 2. The SMILES string of the molecule is Nc1cc2c(c3c1C(O)(c1ccc(F)cc1Cl)NC3=O)NC(=O)OC2. The van der Waals surface area contributed by atoms with E-state index in [1.165, 1.54) is 12.1 Å². The van der Waals surface area contributed by atoms with Gasteiger partial charge >= 0.3 is 6.09 Å². The number of aliphatic hydroxyl groups is 1. The summed E-state index contributed by atoms with van der Waals surface area (Å²) >= 11 is 6.05. The first kappa shape index (κ1) is 15.7. The highest BCUT2D eigenvalue weighted by Gasteiger charge is 2.48. The van der Waals surface area contributed by atoms with Crippen molar-refractivity contribution in [3.05, 3.63) is 57.4 Å². The molecule has 4 rings (SSSR count). The molecule has 0 aliphatic carbocycles. The van der Waals surface area contributed by atoms with Gasteiger partial charge in [0.2, 0.25) is 0 Å². The predicted octanol–water partition coefficient (Wildman–Crippen LogP) is 2.06. The number of carbonyl (C=O) groups is 2. The van der Waals surface area contributed by atoms with Crippen molar-refractivity contribution in [1.29, 1.82) is 0 Å². The summed E-state index contributed by atoms with van der Waals surface area (Å²) < 4.78 is 18.2. The lowest BCUT2D eigenvalue weighted by molar-refractivity contribution is 0.0481. The van der Waals surface area contributed by atoms with Gasteiger partial charge in [0.1, 0.15) is 12.4 Å². The molecule has 9 heteroatoms. The van der Waals surface area contributed by atoms with E-state index in [1.54, 1.807) is 0 Å². The maximum atomic E-state index is 13.3. The highest BCUT2D eigenvalue weighted by molar-refractivity contribution is 6.31. The number of amides is 2. The van der Waals surface area contributed by atoms with E-state index in [-0.39, 0.29) is 39.7 Å². The van der Waals surface area contributed by atoms with Gasteiger partial charge in [-0.1, -0.05) is 11.6 Å². The molecule has 1 unspecified atom stereocenters. The zero-order chi connectivity index (χ0) is 17.9. The molecule has 2 aromatic carbocycles. The van der Waals surface area contributed by atoms with Crippen molar-refractivity contribution < 1.29 is 23.8 Å². The number of halogens is 2. The third-order valence-corrected chi connectivity index (χ3v) is 4.54. The van der Waals surface area contributed by atoms with Crippen molar-refractivity contribution in [2.75, 3.05) is 11.1 Å². The van der Waals surface area contributed by atoms with E-state index in [2.05, 4.69) is 10.6 Å². The maximum absolute atomic E-state index is 13.3. The Morgan fingerprint density at radius 3 is 2.80 bits per heavy atom. The van der Waals surface area contributed by atoms with Gasteiger partial charge in [0.05, 0.1) is 16.3 Å². The van der Waals surface area contributed by atoms with Crippen LogP contribution < -0.4 is 16.4 Å². The fourth-order valence-corrected chi connectivity index (χ4v) is 3.50. The summed E-state index contributed by atoms with van der Waals surface area (Å²) in [6, 6.07) is 4.88. The molecule has 0 radical (unpaired) electrons. The number of hydrogen-bond donors (Lipinski definition) is 4. The third kappa shape index (κ3) is 2.15. The molecule has 1 atom stereocenters. The molecule has 2 aliphatic heterocycles. The molecule has 0 saturated heterocycles. The van der Waals surface area contributed by atoms with E-state index >= 15 is 0 Å². The molecule has 0 fully saturated rings.